The summed E-state index contributed by atoms with van der Waals surface area (Å²) in [5.41, 5.74) is 0.881. The molecule has 0 amide bonds. The number of nitrogens with zero attached hydrogens (tertiary/aromatic N) is 2. The van der Waals surface area contributed by atoms with Crippen molar-refractivity contribution in [3.63, 3.8) is 0 Å². The summed E-state index contributed by atoms with van der Waals surface area (Å²) in [6.07, 6.45) is 0. The normalized spacial score (nSPS) is 29.3. The van der Waals surface area contributed by atoms with E-state index >= 15 is 0 Å². The van der Waals surface area contributed by atoms with E-state index < -0.39 is 18.3 Å². The van der Waals surface area contributed by atoms with Gasteiger partial charge in [-0.3, -0.25) is 9.80 Å². The number of piperazine rings is 1. The topological polar surface area (TPSA) is 24.9 Å². The summed E-state index contributed by atoms with van der Waals surface area (Å²) in [5, 5.41) is 0. The quantitative estimate of drug-likeness (QED) is 0.772. The van der Waals surface area contributed by atoms with Crippen LogP contribution in [0.3, 0.4) is 0 Å². The first kappa shape index (κ1) is 19.8. The van der Waals surface area contributed by atoms with Gasteiger partial charge in [-0.1, -0.05) is 6.07 Å². The van der Waals surface area contributed by atoms with Gasteiger partial charge in [-0.05, 0) is 71.7 Å². The van der Waals surface area contributed by atoms with Gasteiger partial charge in [0.15, 0.2) is 0 Å². The molecule has 0 aliphatic carbocycles. The maximum Gasteiger partial charge on any atom is 0.494 e. The number of halogens is 1. The molecule has 4 nitrogen and oxygen atoms in total. The van der Waals surface area contributed by atoms with Crippen molar-refractivity contribution in [3.05, 3.63) is 29.6 Å². The largest absolute Gasteiger partial charge is 0.494 e. The highest BCUT2D eigenvalue weighted by atomic mass is 19.1. The maximum absolute atomic E-state index is 14.3. The summed E-state index contributed by atoms with van der Waals surface area (Å²) in [6, 6.07) is 6.17. The summed E-state index contributed by atoms with van der Waals surface area (Å²) in [5.74, 6) is -0.234. The Kier molecular flexibility index (Phi) is 5.25. The number of hydrogen-bond donors (Lipinski definition) is 0. The van der Waals surface area contributed by atoms with Gasteiger partial charge in [-0.15, -0.1) is 0 Å². The highest BCUT2D eigenvalue weighted by Crippen LogP contribution is 2.36. The van der Waals surface area contributed by atoms with Gasteiger partial charge in [0.2, 0.25) is 0 Å². The van der Waals surface area contributed by atoms with Crippen molar-refractivity contribution in [1.29, 1.82) is 0 Å². The van der Waals surface area contributed by atoms with E-state index in [9.17, 15) is 4.39 Å². The summed E-state index contributed by atoms with van der Waals surface area (Å²) < 4.78 is 26.5. The highest BCUT2D eigenvalue weighted by Gasteiger charge is 2.51. The van der Waals surface area contributed by atoms with Crippen LogP contribution < -0.4 is 5.46 Å². The van der Waals surface area contributed by atoms with E-state index in [1.54, 1.807) is 6.07 Å². The molecule has 1 aromatic rings. The fourth-order valence-corrected chi connectivity index (χ4v) is 3.78. The summed E-state index contributed by atoms with van der Waals surface area (Å²) in [7, 11) is 1.64. The van der Waals surface area contributed by atoms with Crippen LogP contribution in [0.4, 0.5) is 4.39 Å². The van der Waals surface area contributed by atoms with E-state index in [2.05, 4.69) is 30.7 Å². The Bertz CT molecular complexity index is 639. The molecule has 0 N–H and O–H groups in total. The zero-order valence-electron chi connectivity index (χ0n) is 17.2. The number of benzene rings is 1. The molecule has 0 aromatic heterocycles. The number of hydrogen-bond acceptors (Lipinski definition) is 4. The van der Waals surface area contributed by atoms with Crippen molar-refractivity contribution in [2.75, 3.05) is 20.1 Å². The van der Waals surface area contributed by atoms with Crippen LogP contribution >= 0.6 is 0 Å². The Morgan fingerprint density at radius 2 is 1.58 bits per heavy atom. The van der Waals surface area contributed by atoms with E-state index in [0.717, 1.165) is 30.7 Å². The summed E-state index contributed by atoms with van der Waals surface area (Å²) >= 11 is 0. The molecule has 3 rings (SSSR count). The average Bonchev–Trinajstić information content (AvgIpc) is 2.72. The molecule has 2 aliphatic heterocycles. The van der Waals surface area contributed by atoms with Crippen LogP contribution in [0.1, 0.15) is 47.1 Å². The molecule has 6 heteroatoms. The smallest absolute Gasteiger partial charge is 0.399 e. The third kappa shape index (κ3) is 3.84. The van der Waals surface area contributed by atoms with Gasteiger partial charge in [-0.25, -0.2) is 4.39 Å². The zero-order valence-corrected chi connectivity index (χ0v) is 17.2. The molecule has 144 valence electrons. The van der Waals surface area contributed by atoms with Gasteiger partial charge in [0.25, 0.3) is 0 Å². The van der Waals surface area contributed by atoms with E-state index in [1.165, 1.54) is 6.07 Å². The molecule has 2 aliphatic rings. The molecule has 2 unspecified atom stereocenters. The Hall–Kier alpha value is -0.945. The molecule has 0 spiro atoms. The molecule has 1 aromatic carbocycles. The van der Waals surface area contributed by atoms with Crippen LogP contribution in [0.25, 0.3) is 0 Å². The van der Waals surface area contributed by atoms with Crippen molar-refractivity contribution in [1.82, 2.24) is 9.80 Å². The molecule has 0 bridgehead atoms. The lowest BCUT2D eigenvalue weighted by Gasteiger charge is -2.42. The van der Waals surface area contributed by atoms with Crippen LogP contribution in [0, 0.1) is 5.82 Å². The molecular weight excluding hydrogens is 330 g/mol. The van der Waals surface area contributed by atoms with Gasteiger partial charge in [0, 0.05) is 31.7 Å². The summed E-state index contributed by atoms with van der Waals surface area (Å²) in [6.45, 7) is 15.3. The lowest BCUT2D eigenvalue weighted by molar-refractivity contribution is 0.00578. The molecule has 2 saturated heterocycles. The Morgan fingerprint density at radius 1 is 1.04 bits per heavy atom. The second-order valence-electron chi connectivity index (χ2n) is 9.04. The monoisotopic (exact) mass is 362 g/mol. The van der Waals surface area contributed by atoms with Gasteiger partial charge in [0.1, 0.15) is 5.82 Å². The van der Waals surface area contributed by atoms with Crippen molar-refractivity contribution < 1.29 is 13.7 Å². The molecule has 2 heterocycles. The molecular formula is C20H32BFN2O2. The number of rotatable bonds is 3. The van der Waals surface area contributed by atoms with Crippen LogP contribution in [0.2, 0.25) is 0 Å². The van der Waals surface area contributed by atoms with Gasteiger partial charge in [-0.2, -0.15) is 0 Å². The average molecular weight is 362 g/mol. The van der Waals surface area contributed by atoms with Crippen molar-refractivity contribution in [2.24, 2.45) is 0 Å². The first-order valence-corrected chi connectivity index (χ1v) is 9.58. The lowest BCUT2D eigenvalue weighted by Crippen LogP contribution is -2.54. The minimum atomic E-state index is -0.528. The van der Waals surface area contributed by atoms with Crippen molar-refractivity contribution >= 4 is 12.6 Å². The van der Waals surface area contributed by atoms with Gasteiger partial charge >= 0.3 is 7.12 Å². The first-order valence-electron chi connectivity index (χ1n) is 9.58. The molecule has 26 heavy (non-hydrogen) atoms. The second kappa shape index (κ2) is 6.90. The fraction of sp³-hybridized carbons (Fsp3) is 0.700. The van der Waals surface area contributed by atoms with Crippen LogP contribution in [-0.2, 0) is 15.9 Å². The Labute approximate surface area is 157 Å². The number of likely N-dealkylation sites (N-methyl/N-ethyl adjacent to an activating group) is 1. The van der Waals surface area contributed by atoms with Crippen molar-refractivity contribution in [3.8, 4) is 0 Å². The van der Waals surface area contributed by atoms with Crippen molar-refractivity contribution in [2.45, 2.75) is 71.4 Å². The standard InChI is InChI=1S/C20H32BFN2O2/c1-14-11-24(12-15(2)23(14)7)13-16-8-17(10-18(22)9-16)21-25-19(3,4)20(5,6)26-21/h8-10,14-15H,11-13H2,1-7H3. The van der Waals surface area contributed by atoms with Gasteiger partial charge in [0.05, 0.1) is 11.2 Å². The van der Waals surface area contributed by atoms with Gasteiger partial charge < -0.3 is 9.31 Å². The third-order valence-electron chi connectivity index (χ3n) is 6.35. The lowest BCUT2D eigenvalue weighted by atomic mass is 9.78. The highest BCUT2D eigenvalue weighted by molar-refractivity contribution is 6.62. The predicted octanol–water partition coefficient (Wildman–Crippen LogP) is 2.65. The molecule has 2 fully saturated rings. The Morgan fingerprint density at radius 3 is 2.12 bits per heavy atom. The first-order chi connectivity index (χ1) is 12.0. The van der Waals surface area contributed by atoms with E-state index in [0.29, 0.717) is 12.1 Å². The molecule has 0 saturated carbocycles. The van der Waals surface area contributed by atoms with Crippen LogP contribution in [0.15, 0.2) is 18.2 Å². The molecule has 0 radical (unpaired) electrons. The van der Waals surface area contributed by atoms with E-state index in [-0.39, 0.29) is 5.82 Å². The zero-order chi connectivity index (χ0) is 19.3. The molecule has 2 atom stereocenters. The third-order valence-corrected chi connectivity index (χ3v) is 6.35. The maximum atomic E-state index is 14.3. The van der Waals surface area contributed by atoms with E-state index in [1.807, 2.05) is 33.8 Å². The summed E-state index contributed by atoms with van der Waals surface area (Å²) in [4.78, 5) is 4.80. The van der Waals surface area contributed by atoms with E-state index in [4.69, 9.17) is 9.31 Å². The minimum Gasteiger partial charge on any atom is -0.399 e. The van der Waals surface area contributed by atoms with Crippen LogP contribution in [-0.4, -0.2) is 60.3 Å². The second-order valence-corrected chi connectivity index (χ2v) is 9.04. The Balaban J connectivity index is 1.77. The SMILES string of the molecule is CC1CN(Cc2cc(F)cc(B3OC(C)(C)C(C)(C)O3)c2)CC(C)N1C. The predicted molar refractivity (Wildman–Crippen MR) is 104 cm³/mol. The minimum absolute atomic E-state index is 0.234. The fourth-order valence-electron chi connectivity index (χ4n) is 3.78. The van der Waals surface area contributed by atoms with Crippen LogP contribution in [0.5, 0.6) is 0 Å².